The molecule has 1 amide bonds. The summed E-state index contributed by atoms with van der Waals surface area (Å²) in [6.07, 6.45) is 2.33. The van der Waals surface area contributed by atoms with Crippen molar-refractivity contribution in [2.45, 2.75) is 25.6 Å². The number of carbonyl (C=O) groups is 1. The highest BCUT2D eigenvalue weighted by Crippen LogP contribution is 2.18. The maximum absolute atomic E-state index is 12.9. The van der Waals surface area contributed by atoms with Crippen LogP contribution in [0.3, 0.4) is 0 Å². The molecule has 3 rings (SSSR count). The number of nitrogens with zero attached hydrogens (tertiary/aromatic N) is 3. The van der Waals surface area contributed by atoms with Crippen molar-refractivity contribution >= 4 is 5.91 Å². The first-order valence-electron chi connectivity index (χ1n) is 7.47. The second kappa shape index (κ2) is 6.78. The SMILES string of the molecule is O=C(COc1ccc(F)cc1)N1Cc2ccnn2CCC1CO. The molecule has 0 fully saturated rings. The zero-order chi connectivity index (χ0) is 16.2. The molecular weight excluding hydrogens is 301 g/mol. The predicted molar refractivity (Wildman–Crippen MR) is 80.2 cm³/mol. The number of ether oxygens (including phenoxy) is 1. The second-order valence-electron chi connectivity index (χ2n) is 5.43. The van der Waals surface area contributed by atoms with Gasteiger partial charge in [0.25, 0.3) is 5.91 Å². The molecule has 23 heavy (non-hydrogen) atoms. The highest BCUT2D eigenvalue weighted by atomic mass is 19.1. The Labute approximate surface area is 133 Å². The molecule has 1 atom stereocenters. The van der Waals surface area contributed by atoms with Gasteiger partial charge in [-0.2, -0.15) is 5.10 Å². The Bertz CT molecular complexity index is 671. The van der Waals surface area contributed by atoms with Gasteiger partial charge < -0.3 is 14.7 Å². The molecule has 1 N–H and O–H groups in total. The van der Waals surface area contributed by atoms with Crippen molar-refractivity contribution in [1.29, 1.82) is 0 Å². The van der Waals surface area contributed by atoms with Crippen LogP contribution in [0.2, 0.25) is 0 Å². The van der Waals surface area contributed by atoms with Gasteiger partial charge in [-0.1, -0.05) is 0 Å². The number of aliphatic hydroxyl groups is 1. The highest BCUT2D eigenvalue weighted by molar-refractivity contribution is 5.78. The zero-order valence-electron chi connectivity index (χ0n) is 12.6. The average Bonchev–Trinajstić information content (AvgIpc) is 2.93. The van der Waals surface area contributed by atoms with Crippen molar-refractivity contribution in [2.24, 2.45) is 0 Å². The molecule has 1 aromatic carbocycles. The van der Waals surface area contributed by atoms with Crippen LogP contribution in [0.4, 0.5) is 4.39 Å². The Balaban J connectivity index is 1.67. The molecule has 0 saturated heterocycles. The Kier molecular flexibility index (Phi) is 4.57. The van der Waals surface area contributed by atoms with E-state index in [-0.39, 0.29) is 31.0 Å². The minimum atomic E-state index is -0.357. The molecule has 2 aromatic rings. The largest absolute Gasteiger partial charge is 0.484 e. The van der Waals surface area contributed by atoms with Gasteiger partial charge in [-0.25, -0.2) is 4.39 Å². The maximum Gasteiger partial charge on any atom is 0.261 e. The van der Waals surface area contributed by atoms with E-state index in [0.717, 1.165) is 5.69 Å². The first-order valence-corrected chi connectivity index (χ1v) is 7.47. The van der Waals surface area contributed by atoms with Crippen LogP contribution in [0.1, 0.15) is 12.1 Å². The molecule has 7 heteroatoms. The van der Waals surface area contributed by atoms with Crippen LogP contribution in [-0.2, 0) is 17.9 Å². The van der Waals surface area contributed by atoms with Crippen LogP contribution in [-0.4, -0.2) is 44.9 Å². The third-order valence-corrected chi connectivity index (χ3v) is 3.96. The third-order valence-electron chi connectivity index (χ3n) is 3.96. The van der Waals surface area contributed by atoms with Crippen molar-refractivity contribution in [2.75, 3.05) is 13.2 Å². The maximum atomic E-state index is 12.9. The number of fused-ring (bicyclic) bond motifs is 1. The summed E-state index contributed by atoms with van der Waals surface area (Å²) in [4.78, 5) is 14.1. The number of aromatic nitrogens is 2. The minimum Gasteiger partial charge on any atom is -0.484 e. The van der Waals surface area contributed by atoms with Crippen LogP contribution >= 0.6 is 0 Å². The average molecular weight is 319 g/mol. The summed E-state index contributed by atoms with van der Waals surface area (Å²) < 4.78 is 20.1. The summed E-state index contributed by atoms with van der Waals surface area (Å²) in [7, 11) is 0. The Hall–Kier alpha value is -2.41. The lowest BCUT2D eigenvalue weighted by Crippen LogP contribution is -2.43. The van der Waals surface area contributed by atoms with Crippen LogP contribution < -0.4 is 4.74 Å². The molecule has 0 radical (unpaired) electrons. The standard InChI is InChI=1S/C16H18FN3O3/c17-12-1-3-15(4-2-12)23-11-16(22)19-9-13-5-7-18-20(13)8-6-14(19)10-21/h1-5,7,14,21H,6,8-11H2. The van der Waals surface area contributed by atoms with Crippen LogP contribution in [0.5, 0.6) is 5.75 Å². The van der Waals surface area contributed by atoms with Crippen molar-refractivity contribution in [3.63, 3.8) is 0 Å². The van der Waals surface area contributed by atoms with Gasteiger partial charge in [0.15, 0.2) is 6.61 Å². The third kappa shape index (κ3) is 3.50. The lowest BCUT2D eigenvalue weighted by molar-refractivity contribution is -0.137. The molecule has 122 valence electrons. The number of amides is 1. The molecule has 1 aliphatic rings. The summed E-state index contributed by atoms with van der Waals surface area (Å²) >= 11 is 0. The van der Waals surface area contributed by atoms with Crippen LogP contribution in [0.15, 0.2) is 36.5 Å². The topological polar surface area (TPSA) is 67.6 Å². The quantitative estimate of drug-likeness (QED) is 0.919. The highest BCUT2D eigenvalue weighted by Gasteiger charge is 2.27. The molecule has 0 bridgehead atoms. The van der Waals surface area contributed by atoms with E-state index in [2.05, 4.69) is 5.10 Å². The van der Waals surface area contributed by atoms with Crippen molar-refractivity contribution in [1.82, 2.24) is 14.7 Å². The van der Waals surface area contributed by atoms with Crippen molar-refractivity contribution < 1.29 is 19.0 Å². The number of carbonyl (C=O) groups excluding carboxylic acids is 1. The van der Waals surface area contributed by atoms with Gasteiger partial charge >= 0.3 is 0 Å². The fraction of sp³-hybridized carbons (Fsp3) is 0.375. The number of aryl methyl sites for hydroxylation is 1. The molecule has 1 aromatic heterocycles. The smallest absolute Gasteiger partial charge is 0.261 e. The first kappa shape index (κ1) is 15.5. The fourth-order valence-corrected chi connectivity index (χ4v) is 2.67. The van der Waals surface area contributed by atoms with E-state index in [4.69, 9.17) is 4.74 Å². The lowest BCUT2D eigenvalue weighted by atomic mass is 10.2. The van der Waals surface area contributed by atoms with Gasteiger partial charge in [-0.15, -0.1) is 0 Å². The summed E-state index contributed by atoms with van der Waals surface area (Å²) in [5.41, 5.74) is 0.927. The molecule has 0 spiro atoms. The van der Waals surface area contributed by atoms with E-state index in [1.807, 2.05) is 10.7 Å². The van der Waals surface area contributed by atoms with Gasteiger partial charge in [0.05, 0.1) is 24.9 Å². The molecule has 2 heterocycles. The van der Waals surface area contributed by atoms with E-state index in [1.165, 1.54) is 24.3 Å². The number of aliphatic hydroxyl groups excluding tert-OH is 1. The predicted octanol–water partition coefficient (Wildman–Crippen LogP) is 1.19. The molecule has 6 nitrogen and oxygen atoms in total. The van der Waals surface area contributed by atoms with Crippen LogP contribution in [0.25, 0.3) is 0 Å². The second-order valence-corrected chi connectivity index (χ2v) is 5.43. The molecule has 0 saturated carbocycles. The fourth-order valence-electron chi connectivity index (χ4n) is 2.67. The number of benzene rings is 1. The lowest BCUT2D eigenvalue weighted by Gasteiger charge is -2.28. The number of halogens is 1. The van der Waals surface area contributed by atoms with Gasteiger partial charge in [-0.05, 0) is 36.8 Å². The molecular formula is C16H18FN3O3. The van der Waals surface area contributed by atoms with Crippen molar-refractivity contribution in [3.05, 3.63) is 48.0 Å². The van der Waals surface area contributed by atoms with E-state index in [1.54, 1.807) is 11.1 Å². The van der Waals surface area contributed by atoms with E-state index < -0.39 is 0 Å². The molecule has 1 unspecified atom stereocenters. The Morgan fingerprint density at radius 2 is 2.13 bits per heavy atom. The summed E-state index contributed by atoms with van der Waals surface area (Å²) in [5.74, 6) is -0.145. The summed E-state index contributed by atoms with van der Waals surface area (Å²) in [6.45, 7) is 0.788. The van der Waals surface area contributed by atoms with E-state index >= 15 is 0 Å². The van der Waals surface area contributed by atoms with Crippen molar-refractivity contribution in [3.8, 4) is 5.75 Å². The Morgan fingerprint density at radius 1 is 1.35 bits per heavy atom. The summed E-state index contributed by atoms with van der Waals surface area (Å²) in [5, 5.41) is 13.8. The number of rotatable bonds is 4. The number of hydrogen-bond donors (Lipinski definition) is 1. The molecule has 0 aliphatic carbocycles. The number of hydrogen-bond acceptors (Lipinski definition) is 4. The van der Waals surface area contributed by atoms with E-state index in [0.29, 0.717) is 25.3 Å². The van der Waals surface area contributed by atoms with Gasteiger partial charge in [0.1, 0.15) is 11.6 Å². The minimum absolute atomic E-state index is 0.104. The van der Waals surface area contributed by atoms with Crippen LogP contribution in [0, 0.1) is 5.82 Å². The summed E-state index contributed by atoms with van der Waals surface area (Å²) in [6, 6.07) is 7.11. The van der Waals surface area contributed by atoms with Gasteiger partial charge in [0.2, 0.25) is 0 Å². The normalized spacial score (nSPS) is 17.5. The Morgan fingerprint density at radius 3 is 2.87 bits per heavy atom. The monoisotopic (exact) mass is 319 g/mol. The molecule has 1 aliphatic heterocycles. The first-order chi connectivity index (χ1) is 11.2. The zero-order valence-corrected chi connectivity index (χ0v) is 12.6. The van der Waals surface area contributed by atoms with Gasteiger partial charge in [-0.3, -0.25) is 9.48 Å². The van der Waals surface area contributed by atoms with E-state index in [9.17, 15) is 14.3 Å². The van der Waals surface area contributed by atoms with Gasteiger partial charge in [0, 0.05) is 12.7 Å².